The maximum absolute atomic E-state index is 4.65. The van der Waals surface area contributed by atoms with E-state index in [1.165, 1.54) is 5.56 Å². The Bertz CT molecular complexity index is 382. The SMILES string of the molecule is CCCNC(C)c1ccc(N2CCN(CC)CC2)nc1. The number of hydrogen-bond acceptors (Lipinski definition) is 4. The largest absolute Gasteiger partial charge is 0.354 e. The minimum atomic E-state index is 0.383. The van der Waals surface area contributed by atoms with Crippen molar-refractivity contribution in [1.29, 1.82) is 0 Å². The molecule has 2 heterocycles. The molecule has 1 unspecified atom stereocenters. The van der Waals surface area contributed by atoms with Gasteiger partial charge >= 0.3 is 0 Å². The van der Waals surface area contributed by atoms with Gasteiger partial charge in [0.2, 0.25) is 0 Å². The van der Waals surface area contributed by atoms with Crippen molar-refractivity contribution in [2.75, 3.05) is 44.2 Å². The lowest BCUT2D eigenvalue weighted by atomic mass is 10.1. The fourth-order valence-electron chi connectivity index (χ4n) is 2.61. The van der Waals surface area contributed by atoms with Crippen molar-refractivity contribution in [3.8, 4) is 0 Å². The average Bonchev–Trinajstić information content (AvgIpc) is 2.53. The van der Waals surface area contributed by atoms with Gasteiger partial charge in [0.05, 0.1) is 0 Å². The minimum absolute atomic E-state index is 0.383. The monoisotopic (exact) mass is 276 g/mol. The highest BCUT2D eigenvalue weighted by atomic mass is 15.3. The van der Waals surface area contributed by atoms with Crippen LogP contribution in [0.25, 0.3) is 0 Å². The van der Waals surface area contributed by atoms with E-state index in [4.69, 9.17) is 0 Å². The molecule has 2 rings (SSSR count). The van der Waals surface area contributed by atoms with Crippen LogP contribution < -0.4 is 10.2 Å². The van der Waals surface area contributed by atoms with Crippen LogP contribution in [0, 0.1) is 0 Å². The van der Waals surface area contributed by atoms with Gasteiger partial charge in [0.1, 0.15) is 5.82 Å². The molecule has 4 heteroatoms. The molecule has 1 saturated heterocycles. The molecule has 0 bridgehead atoms. The summed E-state index contributed by atoms with van der Waals surface area (Å²) in [5, 5.41) is 3.50. The quantitative estimate of drug-likeness (QED) is 0.864. The second kappa shape index (κ2) is 7.60. The molecule has 1 aromatic heterocycles. The molecular formula is C16H28N4. The number of aromatic nitrogens is 1. The highest BCUT2D eigenvalue weighted by Gasteiger charge is 2.16. The minimum Gasteiger partial charge on any atom is -0.354 e. The second-order valence-electron chi connectivity index (χ2n) is 5.55. The highest BCUT2D eigenvalue weighted by Crippen LogP contribution is 2.17. The normalized spacial score (nSPS) is 18.2. The fraction of sp³-hybridized carbons (Fsp3) is 0.688. The predicted molar refractivity (Wildman–Crippen MR) is 85.3 cm³/mol. The van der Waals surface area contributed by atoms with Gasteiger partial charge in [0.25, 0.3) is 0 Å². The zero-order valence-electron chi connectivity index (χ0n) is 13.1. The van der Waals surface area contributed by atoms with Gasteiger partial charge < -0.3 is 15.1 Å². The van der Waals surface area contributed by atoms with E-state index in [9.17, 15) is 0 Å². The molecule has 1 aliphatic rings. The molecular weight excluding hydrogens is 248 g/mol. The Morgan fingerprint density at radius 3 is 2.50 bits per heavy atom. The number of anilines is 1. The lowest BCUT2D eigenvalue weighted by Gasteiger charge is -2.34. The number of piperazine rings is 1. The Morgan fingerprint density at radius 1 is 1.20 bits per heavy atom. The van der Waals surface area contributed by atoms with Crippen molar-refractivity contribution < 1.29 is 0 Å². The standard InChI is InChI=1S/C16H28N4/c1-4-8-17-14(3)15-6-7-16(18-13-15)20-11-9-19(5-2)10-12-20/h6-7,13-14,17H,4-5,8-12H2,1-3H3. The number of nitrogens with zero attached hydrogens (tertiary/aromatic N) is 3. The first-order chi connectivity index (χ1) is 9.74. The van der Waals surface area contributed by atoms with Gasteiger partial charge in [0.15, 0.2) is 0 Å². The lowest BCUT2D eigenvalue weighted by Crippen LogP contribution is -2.46. The summed E-state index contributed by atoms with van der Waals surface area (Å²) >= 11 is 0. The van der Waals surface area contributed by atoms with Crippen LogP contribution in [-0.2, 0) is 0 Å². The zero-order valence-corrected chi connectivity index (χ0v) is 13.1. The summed E-state index contributed by atoms with van der Waals surface area (Å²) in [6.07, 6.45) is 3.19. The van der Waals surface area contributed by atoms with Crippen LogP contribution in [-0.4, -0.2) is 49.2 Å². The van der Waals surface area contributed by atoms with Gasteiger partial charge in [-0.05, 0) is 38.1 Å². The summed E-state index contributed by atoms with van der Waals surface area (Å²) < 4.78 is 0. The van der Waals surface area contributed by atoms with E-state index < -0.39 is 0 Å². The molecule has 0 aliphatic carbocycles. The number of pyridine rings is 1. The van der Waals surface area contributed by atoms with Crippen molar-refractivity contribution >= 4 is 5.82 Å². The smallest absolute Gasteiger partial charge is 0.128 e. The third-order valence-corrected chi connectivity index (χ3v) is 4.11. The summed E-state index contributed by atoms with van der Waals surface area (Å²) in [6, 6.07) is 4.76. The Kier molecular flexibility index (Phi) is 5.80. The van der Waals surface area contributed by atoms with Crippen molar-refractivity contribution in [3.05, 3.63) is 23.9 Å². The number of hydrogen-bond donors (Lipinski definition) is 1. The first kappa shape index (κ1) is 15.3. The third kappa shape index (κ3) is 3.93. The van der Waals surface area contributed by atoms with Crippen molar-refractivity contribution in [2.45, 2.75) is 33.2 Å². The maximum Gasteiger partial charge on any atom is 0.128 e. The topological polar surface area (TPSA) is 31.4 Å². The summed E-state index contributed by atoms with van der Waals surface area (Å²) in [4.78, 5) is 9.53. The van der Waals surface area contributed by atoms with E-state index in [-0.39, 0.29) is 0 Å². The molecule has 4 nitrogen and oxygen atoms in total. The molecule has 112 valence electrons. The van der Waals surface area contributed by atoms with E-state index in [1.54, 1.807) is 0 Å². The van der Waals surface area contributed by atoms with Crippen molar-refractivity contribution in [3.63, 3.8) is 0 Å². The van der Waals surface area contributed by atoms with E-state index >= 15 is 0 Å². The van der Waals surface area contributed by atoms with Crippen LogP contribution in [0.4, 0.5) is 5.82 Å². The van der Waals surface area contributed by atoms with Crippen LogP contribution in [0.5, 0.6) is 0 Å². The molecule has 1 fully saturated rings. The first-order valence-corrected chi connectivity index (χ1v) is 7.91. The summed E-state index contributed by atoms with van der Waals surface area (Å²) in [5.74, 6) is 1.12. The van der Waals surface area contributed by atoms with Crippen LogP contribution in [0.1, 0.15) is 38.8 Å². The predicted octanol–water partition coefficient (Wildman–Crippen LogP) is 2.28. The van der Waals surface area contributed by atoms with Gasteiger partial charge in [-0.3, -0.25) is 0 Å². The van der Waals surface area contributed by atoms with Gasteiger partial charge in [0, 0.05) is 38.4 Å². The van der Waals surface area contributed by atoms with E-state index in [1.807, 2.05) is 6.20 Å². The summed E-state index contributed by atoms with van der Waals surface area (Å²) in [7, 11) is 0. The van der Waals surface area contributed by atoms with Crippen LogP contribution in [0.3, 0.4) is 0 Å². The molecule has 0 amide bonds. The Morgan fingerprint density at radius 2 is 1.95 bits per heavy atom. The van der Waals surface area contributed by atoms with Crippen LogP contribution in [0.2, 0.25) is 0 Å². The summed E-state index contributed by atoms with van der Waals surface area (Å²) in [6.45, 7) is 13.3. The number of nitrogens with one attached hydrogen (secondary N) is 1. The van der Waals surface area contributed by atoms with Crippen LogP contribution in [0.15, 0.2) is 18.3 Å². The van der Waals surface area contributed by atoms with E-state index in [0.717, 1.165) is 51.5 Å². The molecule has 0 saturated carbocycles. The third-order valence-electron chi connectivity index (χ3n) is 4.11. The molecule has 1 aromatic rings. The zero-order chi connectivity index (χ0) is 14.4. The molecule has 0 spiro atoms. The first-order valence-electron chi connectivity index (χ1n) is 7.91. The maximum atomic E-state index is 4.65. The molecule has 1 aliphatic heterocycles. The number of likely N-dealkylation sites (N-methyl/N-ethyl adjacent to an activating group) is 1. The van der Waals surface area contributed by atoms with E-state index in [0.29, 0.717) is 6.04 Å². The number of rotatable bonds is 6. The Balaban J connectivity index is 1.91. The molecule has 0 radical (unpaired) electrons. The van der Waals surface area contributed by atoms with Gasteiger partial charge in [-0.1, -0.05) is 19.9 Å². The van der Waals surface area contributed by atoms with Crippen LogP contribution >= 0.6 is 0 Å². The Hall–Kier alpha value is -1.13. The summed E-state index contributed by atoms with van der Waals surface area (Å²) in [5.41, 5.74) is 1.27. The van der Waals surface area contributed by atoms with Gasteiger partial charge in [-0.15, -0.1) is 0 Å². The molecule has 0 aromatic carbocycles. The molecule has 1 atom stereocenters. The van der Waals surface area contributed by atoms with E-state index in [2.05, 4.69) is 53.0 Å². The Labute approximate surface area is 123 Å². The average molecular weight is 276 g/mol. The molecule has 20 heavy (non-hydrogen) atoms. The fourth-order valence-corrected chi connectivity index (χ4v) is 2.61. The van der Waals surface area contributed by atoms with Gasteiger partial charge in [-0.2, -0.15) is 0 Å². The van der Waals surface area contributed by atoms with Crippen molar-refractivity contribution in [2.24, 2.45) is 0 Å². The highest BCUT2D eigenvalue weighted by molar-refractivity contribution is 5.40. The molecule has 1 N–H and O–H groups in total. The van der Waals surface area contributed by atoms with Crippen molar-refractivity contribution in [1.82, 2.24) is 15.2 Å². The van der Waals surface area contributed by atoms with Gasteiger partial charge in [-0.25, -0.2) is 4.98 Å². The lowest BCUT2D eigenvalue weighted by molar-refractivity contribution is 0.270. The second-order valence-corrected chi connectivity index (χ2v) is 5.55.